The zero-order valence-corrected chi connectivity index (χ0v) is 11.6. The second kappa shape index (κ2) is 4.63. The summed E-state index contributed by atoms with van der Waals surface area (Å²) in [5, 5.41) is 0. The van der Waals surface area contributed by atoms with Gasteiger partial charge in [0.2, 0.25) is 10.0 Å². The van der Waals surface area contributed by atoms with Gasteiger partial charge in [-0.1, -0.05) is 0 Å². The predicted octanol–water partition coefficient (Wildman–Crippen LogP) is 2.03. The lowest BCUT2D eigenvalue weighted by molar-refractivity contribution is 0.464. The summed E-state index contributed by atoms with van der Waals surface area (Å²) in [5.74, 6) is 0.330. The van der Waals surface area contributed by atoms with Gasteiger partial charge in [-0.15, -0.1) is 11.6 Å². The highest BCUT2D eigenvalue weighted by molar-refractivity contribution is 7.89. The first kappa shape index (κ1) is 12.9. The number of alkyl halides is 1. The molecule has 4 nitrogen and oxygen atoms in total. The van der Waals surface area contributed by atoms with E-state index < -0.39 is 10.0 Å². The Morgan fingerprint density at radius 1 is 1.53 bits per heavy atom. The Kier molecular flexibility index (Phi) is 3.52. The highest BCUT2D eigenvalue weighted by atomic mass is 35.5. The fourth-order valence-electron chi connectivity index (χ4n) is 1.87. The van der Waals surface area contributed by atoms with E-state index in [1.807, 2.05) is 11.5 Å². The lowest BCUT2D eigenvalue weighted by Gasteiger charge is -2.14. The summed E-state index contributed by atoms with van der Waals surface area (Å²) >= 11 is 5.80. The van der Waals surface area contributed by atoms with E-state index >= 15 is 0 Å². The van der Waals surface area contributed by atoms with Crippen LogP contribution < -0.4 is 0 Å². The van der Waals surface area contributed by atoms with E-state index in [0.717, 1.165) is 25.1 Å². The Balaban J connectivity index is 2.35. The van der Waals surface area contributed by atoms with Crippen molar-refractivity contribution in [3.63, 3.8) is 0 Å². The van der Waals surface area contributed by atoms with Gasteiger partial charge < -0.3 is 4.57 Å². The number of aromatic nitrogens is 1. The molecule has 6 heteroatoms. The largest absolute Gasteiger partial charge is 0.349 e. The summed E-state index contributed by atoms with van der Waals surface area (Å²) < 4.78 is 27.9. The van der Waals surface area contributed by atoms with E-state index in [1.165, 1.54) is 4.31 Å². The van der Waals surface area contributed by atoms with Gasteiger partial charge in [0.1, 0.15) is 4.90 Å². The van der Waals surface area contributed by atoms with E-state index in [4.69, 9.17) is 11.6 Å². The second-order valence-electron chi connectivity index (χ2n) is 4.34. The minimum Gasteiger partial charge on any atom is -0.349 e. The lowest BCUT2D eigenvalue weighted by Crippen LogP contribution is -2.28. The van der Waals surface area contributed by atoms with Crippen molar-refractivity contribution in [1.29, 1.82) is 0 Å². The Morgan fingerprint density at radius 3 is 2.59 bits per heavy atom. The van der Waals surface area contributed by atoms with Crippen LogP contribution in [0.3, 0.4) is 0 Å². The number of rotatable bonds is 5. The Labute approximate surface area is 107 Å². The third-order valence-electron chi connectivity index (χ3n) is 3.18. The van der Waals surface area contributed by atoms with E-state index in [2.05, 4.69) is 0 Å². The van der Waals surface area contributed by atoms with Crippen LogP contribution in [0.15, 0.2) is 17.2 Å². The van der Waals surface area contributed by atoms with Crippen molar-refractivity contribution >= 4 is 21.6 Å². The molecular formula is C11H17ClN2O2S. The van der Waals surface area contributed by atoms with Gasteiger partial charge >= 0.3 is 0 Å². The maximum atomic E-state index is 12.3. The molecule has 1 saturated carbocycles. The molecule has 96 valence electrons. The molecule has 0 bridgehead atoms. The van der Waals surface area contributed by atoms with E-state index in [9.17, 15) is 8.42 Å². The fraction of sp³-hybridized carbons (Fsp3) is 0.636. The molecule has 0 spiro atoms. The molecule has 1 heterocycles. The zero-order valence-electron chi connectivity index (χ0n) is 10.1. The molecular weight excluding hydrogens is 260 g/mol. The molecule has 1 aliphatic carbocycles. The fourth-order valence-corrected chi connectivity index (χ4v) is 3.58. The van der Waals surface area contributed by atoms with Crippen molar-refractivity contribution in [3.8, 4) is 0 Å². The molecule has 0 aromatic carbocycles. The Morgan fingerprint density at radius 2 is 2.18 bits per heavy atom. The van der Waals surface area contributed by atoms with Crippen LogP contribution in [-0.2, 0) is 22.4 Å². The predicted molar refractivity (Wildman–Crippen MR) is 67.6 cm³/mol. The first-order chi connectivity index (χ1) is 8.00. The van der Waals surface area contributed by atoms with Crippen LogP contribution in [0.25, 0.3) is 0 Å². The van der Waals surface area contributed by atoms with Gasteiger partial charge in [0.25, 0.3) is 0 Å². The maximum absolute atomic E-state index is 12.3. The zero-order chi connectivity index (χ0) is 12.6. The van der Waals surface area contributed by atoms with Crippen molar-refractivity contribution in [2.45, 2.75) is 43.1 Å². The summed E-state index contributed by atoms with van der Waals surface area (Å²) in [6.45, 7) is 2.70. The number of hydrogen-bond acceptors (Lipinski definition) is 2. The molecule has 0 amide bonds. The van der Waals surface area contributed by atoms with Crippen molar-refractivity contribution < 1.29 is 8.42 Å². The number of halogens is 1. The van der Waals surface area contributed by atoms with Gasteiger partial charge in [-0.2, -0.15) is 4.31 Å². The van der Waals surface area contributed by atoms with Crippen LogP contribution in [-0.4, -0.2) is 30.4 Å². The smallest absolute Gasteiger partial charge is 0.244 e. The first-order valence-corrected chi connectivity index (χ1v) is 7.71. The molecule has 0 unspecified atom stereocenters. The van der Waals surface area contributed by atoms with E-state index in [-0.39, 0.29) is 6.04 Å². The molecule has 1 aromatic heterocycles. The van der Waals surface area contributed by atoms with Gasteiger partial charge in [-0.3, -0.25) is 0 Å². The van der Waals surface area contributed by atoms with Crippen LogP contribution in [0.4, 0.5) is 0 Å². The van der Waals surface area contributed by atoms with Crippen LogP contribution in [0.5, 0.6) is 0 Å². The second-order valence-corrected chi connectivity index (χ2v) is 6.60. The molecule has 1 fully saturated rings. The third-order valence-corrected chi connectivity index (χ3v) is 5.33. The van der Waals surface area contributed by atoms with Crippen LogP contribution >= 0.6 is 11.6 Å². The van der Waals surface area contributed by atoms with E-state index in [0.29, 0.717) is 10.8 Å². The first-order valence-electron chi connectivity index (χ1n) is 5.73. The summed E-state index contributed by atoms with van der Waals surface area (Å²) in [5.41, 5.74) is 0.844. The average Bonchev–Trinajstić information content (AvgIpc) is 3.06. The highest BCUT2D eigenvalue weighted by Crippen LogP contribution is 2.31. The van der Waals surface area contributed by atoms with Gasteiger partial charge in [-0.05, 0) is 25.8 Å². The Hall–Kier alpha value is -0.520. The number of hydrogen-bond donors (Lipinski definition) is 0. The number of aryl methyl sites for hydroxylation is 1. The molecule has 1 aromatic rings. The molecule has 17 heavy (non-hydrogen) atoms. The summed E-state index contributed by atoms with van der Waals surface area (Å²) in [4.78, 5) is 0.351. The number of sulfonamides is 1. The maximum Gasteiger partial charge on any atom is 0.244 e. The van der Waals surface area contributed by atoms with E-state index in [1.54, 1.807) is 19.3 Å². The van der Waals surface area contributed by atoms with Gasteiger partial charge in [0.15, 0.2) is 0 Å². The molecule has 0 atom stereocenters. The highest BCUT2D eigenvalue weighted by Gasteiger charge is 2.35. The van der Waals surface area contributed by atoms with Gasteiger partial charge in [0.05, 0.1) is 5.88 Å². The number of nitrogens with zero attached hydrogens (tertiary/aromatic N) is 2. The van der Waals surface area contributed by atoms with Crippen molar-refractivity contribution in [3.05, 3.63) is 18.0 Å². The summed E-state index contributed by atoms with van der Waals surface area (Å²) in [6.07, 6.45) is 3.60. The van der Waals surface area contributed by atoms with Gasteiger partial charge in [-0.25, -0.2) is 8.42 Å². The standard InChI is InChI=1S/C11H17ClN2O2S/c1-3-14-8-11(6-10(14)7-12)17(15,16)13(2)9-4-5-9/h6,8-9H,3-5,7H2,1-2H3. The average molecular weight is 277 g/mol. The topological polar surface area (TPSA) is 42.3 Å². The third kappa shape index (κ3) is 2.37. The van der Waals surface area contributed by atoms with Crippen molar-refractivity contribution in [1.82, 2.24) is 8.87 Å². The quantitative estimate of drug-likeness (QED) is 0.773. The normalized spacial score (nSPS) is 16.7. The monoisotopic (exact) mass is 276 g/mol. The van der Waals surface area contributed by atoms with Crippen molar-refractivity contribution in [2.24, 2.45) is 0 Å². The molecule has 0 aliphatic heterocycles. The Bertz CT molecular complexity index is 484. The molecule has 0 saturated heterocycles. The SMILES string of the molecule is CCn1cc(S(=O)(=O)N(C)C2CC2)cc1CCl. The minimum absolute atomic E-state index is 0.185. The van der Waals surface area contributed by atoms with Gasteiger partial charge in [0, 0.05) is 31.5 Å². The summed E-state index contributed by atoms with van der Waals surface area (Å²) in [6, 6.07) is 1.86. The molecule has 0 N–H and O–H groups in total. The minimum atomic E-state index is -3.34. The van der Waals surface area contributed by atoms with Crippen molar-refractivity contribution in [2.75, 3.05) is 7.05 Å². The van der Waals surface area contributed by atoms with Crippen LogP contribution in [0.1, 0.15) is 25.5 Å². The lowest BCUT2D eigenvalue weighted by atomic mass is 10.5. The molecule has 2 rings (SSSR count). The molecule has 0 radical (unpaired) electrons. The van der Waals surface area contributed by atoms with Crippen LogP contribution in [0.2, 0.25) is 0 Å². The molecule has 1 aliphatic rings. The summed E-state index contributed by atoms with van der Waals surface area (Å²) in [7, 11) is -1.69. The van der Waals surface area contributed by atoms with Crippen LogP contribution in [0, 0.1) is 0 Å².